The van der Waals surface area contributed by atoms with Crippen molar-refractivity contribution in [3.63, 3.8) is 0 Å². The lowest BCUT2D eigenvalue weighted by Crippen LogP contribution is -2.43. The maximum atomic E-state index is 14.8. The number of allylic oxidation sites excluding steroid dienone is 1. The standard InChI is InChI=1S/C20H12Cl3F7N2O3/c1-32(18(34)35)31-17(33)10-3-2-8(4-12(10)20(28,29)30)15(24)7-11(19(25,26)27)9-5-13(21)16(23)14(22)6-9/h2-7,11H,1H3,(H,31,33)(H,34,35). The van der Waals surface area contributed by atoms with Gasteiger partial charge in [-0.3, -0.25) is 10.2 Å². The molecule has 190 valence electrons. The fourth-order valence-corrected chi connectivity index (χ4v) is 3.38. The van der Waals surface area contributed by atoms with E-state index in [2.05, 4.69) is 0 Å². The Morgan fingerprint density at radius 1 is 1.03 bits per heavy atom. The Bertz CT molecular complexity index is 1160. The molecular weight excluding hydrogens is 556 g/mol. The summed E-state index contributed by atoms with van der Waals surface area (Å²) < 4.78 is 96.3. The Hall–Kier alpha value is -2.70. The van der Waals surface area contributed by atoms with Crippen molar-refractivity contribution < 1.29 is 45.4 Å². The molecule has 0 saturated carbocycles. The number of halogens is 10. The predicted octanol–water partition coefficient (Wildman–Crippen LogP) is 7.58. The number of hydrogen-bond acceptors (Lipinski definition) is 2. The molecule has 0 spiro atoms. The molecule has 1 unspecified atom stereocenters. The van der Waals surface area contributed by atoms with E-state index in [9.17, 15) is 40.3 Å². The second kappa shape index (κ2) is 10.5. The highest BCUT2D eigenvalue weighted by Crippen LogP contribution is 2.42. The summed E-state index contributed by atoms with van der Waals surface area (Å²) in [6.45, 7) is 0. The average Bonchev–Trinajstić information content (AvgIpc) is 2.73. The molecular formula is C20H12Cl3F7N2O3. The van der Waals surface area contributed by atoms with Crippen LogP contribution in [0.25, 0.3) is 5.83 Å². The Balaban J connectivity index is 2.58. The zero-order valence-corrected chi connectivity index (χ0v) is 19.3. The van der Waals surface area contributed by atoms with Gasteiger partial charge in [-0.2, -0.15) is 26.3 Å². The highest BCUT2D eigenvalue weighted by molar-refractivity contribution is 6.48. The van der Waals surface area contributed by atoms with Crippen LogP contribution in [0, 0.1) is 0 Å². The summed E-state index contributed by atoms with van der Waals surface area (Å²) in [6, 6.07) is 2.81. The van der Waals surface area contributed by atoms with E-state index in [1.807, 2.05) is 0 Å². The number of nitrogens with zero attached hydrogens (tertiary/aromatic N) is 1. The zero-order chi connectivity index (χ0) is 26.9. The summed E-state index contributed by atoms with van der Waals surface area (Å²) in [6.07, 6.45) is -12.0. The lowest BCUT2D eigenvalue weighted by Gasteiger charge is -2.20. The fourth-order valence-electron chi connectivity index (χ4n) is 2.76. The van der Waals surface area contributed by atoms with Gasteiger partial charge in [0.2, 0.25) is 0 Å². The quantitative estimate of drug-likeness (QED) is 0.227. The van der Waals surface area contributed by atoms with Crippen LogP contribution in [-0.4, -0.2) is 35.3 Å². The third kappa shape index (κ3) is 6.92. The molecule has 2 aromatic carbocycles. The van der Waals surface area contributed by atoms with Gasteiger partial charge in [0.05, 0.1) is 26.2 Å². The number of carboxylic acid groups (broad SMARTS) is 1. The van der Waals surface area contributed by atoms with Gasteiger partial charge < -0.3 is 5.11 Å². The van der Waals surface area contributed by atoms with Crippen LogP contribution in [-0.2, 0) is 6.18 Å². The van der Waals surface area contributed by atoms with Gasteiger partial charge in [-0.05, 0) is 35.9 Å². The monoisotopic (exact) mass is 566 g/mol. The molecule has 0 aliphatic carbocycles. The maximum Gasteiger partial charge on any atom is 0.425 e. The number of hydrazine groups is 1. The molecule has 15 heteroatoms. The fraction of sp³-hybridized carbons (Fsp3) is 0.200. The van der Waals surface area contributed by atoms with Gasteiger partial charge in [-0.15, -0.1) is 0 Å². The highest BCUT2D eigenvalue weighted by atomic mass is 35.5. The van der Waals surface area contributed by atoms with Gasteiger partial charge in [-0.25, -0.2) is 14.2 Å². The first-order valence-corrected chi connectivity index (χ1v) is 10.1. The second-order valence-electron chi connectivity index (χ2n) is 6.87. The van der Waals surface area contributed by atoms with Crippen molar-refractivity contribution in [2.75, 3.05) is 7.05 Å². The first-order chi connectivity index (χ1) is 15.9. The molecule has 0 aliphatic rings. The molecule has 0 heterocycles. The molecule has 2 N–H and O–H groups in total. The van der Waals surface area contributed by atoms with Crippen molar-refractivity contribution in [1.29, 1.82) is 0 Å². The van der Waals surface area contributed by atoms with Crippen LogP contribution in [0.15, 0.2) is 36.4 Å². The number of benzene rings is 2. The largest absolute Gasteiger partial charge is 0.464 e. The van der Waals surface area contributed by atoms with Gasteiger partial charge in [0.15, 0.2) is 0 Å². The minimum absolute atomic E-state index is 0.0172. The molecule has 1 atom stereocenters. The van der Waals surface area contributed by atoms with Crippen LogP contribution in [0.4, 0.5) is 35.5 Å². The summed E-state index contributed by atoms with van der Waals surface area (Å²) in [5, 5.41) is 7.93. The van der Waals surface area contributed by atoms with Crippen LogP contribution in [0.1, 0.15) is 33.0 Å². The number of alkyl halides is 6. The van der Waals surface area contributed by atoms with E-state index < -0.39 is 58.4 Å². The molecule has 0 aliphatic heterocycles. The number of nitrogens with one attached hydrogen (secondary N) is 1. The molecule has 2 aromatic rings. The topological polar surface area (TPSA) is 69.6 Å². The van der Waals surface area contributed by atoms with Crippen molar-refractivity contribution in [1.82, 2.24) is 10.4 Å². The molecule has 0 saturated heterocycles. The summed E-state index contributed by atoms with van der Waals surface area (Å²) in [4.78, 5) is 22.9. The molecule has 5 nitrogen and oxygen atoms in total. The highest BCUT2D eigenvalue weighted by Gasteiger charge is 2.41. The molecule has 0 aromatic heterocycles. The number of amides is 2. The summed E-state index contributed by atoms with van der Waals surface area (Å²) in [5.41, 5.74) is -2.72. The Labute approximate surface area is 207 Å². The van der Waals surface area contributed by atoms with Crippen LogP contribution < -0.4 is 5.43 Å². The number of rotatable bonds is 4. The zero-order valence-electron chi connectivity index (χ0n) is 17.0. The molecule has 0 radical (unpaired) electrons. The molecule has 0 bridgehead atoms. The van der Waals surface area contributed by atoms with E-state index in [0.29, 0.717) is 12.1 Å². The summed E-state index contributed by atoms with van der Waals surface area (Å²) in [5.74, 6) is -5.87. The number of carbonyl (C=O) groups is 2. The number of carbonyl (C=O) groups excluding carboxylic acids is 1. The summed E-state index contributed by atoms with van der Waals surface area (Å²) in [7, 11) is 0.830. The van der Waals surface area contributed by atoms with E-state index in [0.717, 1.165) is 19.2 Å². The molecule has 35 heavy (non-hydrogen) atoms. The minimum Gasteiger partial charge on any atom is -0.464 e. The van der Waals surface area contributed by atoms with Crippen LogP contribution in [0.5, 0.6) is 0 Å². The second-order valence-corrected chi connectivity index (χ2v) is 8.07. The Morgan fingerprint density at radius 2 is 1.57 bits per heavy atom. The normalized spacial score (nSPS) is 13.4. The Kier molecular flexibility index (Phi) is 8.57. The summed E-state index contributed by atoms with van der Waals surface area (Å²) >= 11 is 17.2. The van der Waals surface area contributed by atoms with E-state index in [4.69, 9.17) is 39.9 Å². The molecule has 2 rings (SSSR count). The van der Waals surface area contributed by atoms with Gasteiger partial charge in [0.25, 0.3) is 5.91 Å². The van der Waals surface area contributed by atoms with Crippen molar-refractivity contribution in [3.8, 4) is 0 Å². The molecule has 0 fully saturated rings. The average molecular weight is 568 g/mol. The van der Waals surface area contributed by atoms with Gasteiger partial charge in [-0.1, -0.05) is 40.9 Å². The Morgan fingerprint density at radius 3 is 2.03 bits per heavy atom. The minimum atomic E-state index is -5.24. The van der Waals surface area contributed by atoms with Crippen molar-refractivity contribution in [2.45, 2.75) is 18.3 Å². The SMILES string of the molecule is CN(NC(=O)c1ccc(C(F)=CC(c2cc(Cl)c(Cl)c(Cl)c2)C(F)(F)F)cc1C(F)(F)F)C(=O)O. The van der Waals surface area contributed by atoms with E-state index in [-0.39, 0.29) is 32.2 Å². The third-order valence-corrected chi connectivity index (χ3v) is 5.63. The van der Waals surface area contributed by atoms with Gasteiger partial charge >= 0.3 is 18.4 Å². The van der Waals surface area contributed by atoms with Crippen molar-refractivity contribution >= 4 is 52.6 Å². The predicted molar refractivity (Wildman–Crippen MR) is 114 cm³/mol. The lowest BCUT2D eigenvalue weighted by molar-refractivity contribution is -0.140. The van der Waals surface area contributed by atoms with Gasteiger partial charge in [0.1, 0.15) is 11.7 Å². The first-order valence-electron chi connectivity index (χ1n) is 9.01. The van der Waals surface area contributed by atoms with Crippen LogP contribution in [0.2, 0.25) is 15.1 Å². The third-order valence-electron chi connectivity index (χ3n) is 4.43. The smallest absolute Gasteiger partial charge is 0.425 e. The molecule has 2 amide bonds. The van der Waals surface area contributed by atoms with Gasteiger partial charge in [0, 0.05) is 12.6 Å². The number of hydrogen-bond donors (Lipinski definition) is 2. The van der Waals surface area contributed by atoms with E-state index in [1.165, 1.54) is 0 Å². The lowest BCUT2D eigenvalue weighted by atomic mass is 9.95. The first kappa shape index (κ1) is 28.5. The van der Waals surface area contributed by atoms with Crippen LogP contribution in [0.3, 0.4) is 0 Å². The maximum absolute atomic E-state index is 14.8. The van der Waals surface area contributed by atoms with E-state index >= 15 is 0 Å². The van der Waals surface area contributed by atoms with Crippen LogP contribution >= 0.6 is 34.8 Å². The van der Waals surface area contributed by atoms with E-state index in [1.54, 1.807) is 5.43 Å². The van der Waals surface area contributed by atoms with Crippen molar-refractivity contribution in [3.05, 3.63) is 73.7 Å². The van der Waals surface area contributed by atoms with Crippen molar-refractivity contribution in [2.24, 2.45) is 0 Å².